The van der Waals surface area contributed by atoms with Crippen LogP contribution in [0.25, 0.3) is 0 Å². The summed E-state index contributed by atoms with van der Waals surface area (Å²) in [6, 6.07) is 2.78. The maximum atomic E-state index is 10.5. The van der Waals surface area contributed by atoms with E-state index in [1.54, 1.807) is 12.3 Å². The van der Waals surface area contributed by atoms with Gasteiger partial charge < -0.3 is 9.73 Å². The molecule has 2 rings (SSSR count). The second-order valence-electron chi connectivity index (χ2n) is 3.83. The van der Waals surface area contributed by atoms with Crippen LogP contribution in [0.5, 0.6) is 0 Å². The molecule has 0 radical (unpaired) electrons. The number of rotatable bonds is 4. The van der Waals surface area contributed by atoms with Gasteiger partial charge in [-0.25, -0.2) is 9.97 Å². The molecule has 94 valence electrons. The molecule has 0 aromatic carbocycles. The summed E-state index contributed by atoms with van der Waals surface area (Å²) < 4.78 is 5.37. The number of hydrogen-bond donors (Lipinski definition) is 1. The van der Waals surface area contributed by atoms with Crippen LogP contribution in [0.15, 0.2) is 28.9 Å². The first-order valence-electron chi connectivity index (χ1n) is 5.35. The molecule has 0 aliphatic carbocycles. The number of nitro groups is 1. The molecule has 0 bridgehead atoms. The topological polar surface area (TPSA) is 94.1 Å². The SMILES string of the molecule is Cc1cnc(C(C)Nc2ccc([N+](=O)[O-])cn2)o1. The minimum Gasteiger partial charge on any atom is -0.444 e. The number of nitrogens with zero attached hydrogens (tertiary/aromatic N) is 3. The first kappa shape index (κ1) is 12.0. The van der Waals surface area contributed by atoms with E-state index in [1.807, 2.05) is 13.8 Å². The van der Waals surface area contributed by atoms with Crippen LogP contribution < -0.4 is 5.32 Å². The highest BCUT2D eigenvalue weighted by atomic mass is 16.6. The highest BCUT2D eigenvalue weighted by Crippen LogP contribution is 2.19. The van der Waals surface area contributed by atoms with Gasteiger partial charge in [-0.1, -0.05) is 0 Å². The zero-order valence-electron chi connectivity index (χ0n) is 9.95. The first-order valence-corrected chi connectivity index (χ1v) is 5.35. The predicted molar refractivity (Wildman–Crippen MR) is 64.2 cm³/mol. The molecule has 7 heteroatoms. The lowest BCUT2D eigenvalue weighted by atomic mass is 10.3. The van der Waals surface area contributed by atoms with Crippen molar-refractivity contribution in [1.82, 2.24) is 9.97 Å². The van der Waals surface area contributed by atoms with E-state index < -0.39 is 4.92 Å². The van der Waals surface area contributed by atoms with Crippen LogP contribution >= 0.6 is 0 Å². The average molecular weight is 248 g/mol. The Morgan fingerprint density at radius 2 is 2.17 bits per heavy atom. The molecular formula is C11H12N4O3. The molecule has 2 heterocycles. The van der Waals surface area contributed by atoms with E-state index in [4.69, 9.17) is 4.42 Å². The number of nitrogens with one attached hydrogen (secondary N) is 1. The highest BCUT2D eigenvalue weighted by Gasteiger charge is 2.12. The largest absolute Gasteiger partial charge is 0.444 e. The van der Waals surface area contributed by atoms with Crippen molar-refractivity contribution in [3.05, 3.63) is 46.3 Å². The van der Waals surface area contributed by atoms with Crippen LogP contribution in [0.1, 0.15) is 24.6 Å². The lowest BCUT2D eigenvalue weighted by Crippen LogP contribution is -2.08. The minimum absolute atomic E-state index is 0.0415. The second kappa shape index (κ2) is 4.82. The monoisotopic (exact) mass is 248 g/mol. The van der Waals surface area contributed by atoms with Crippen LogP contribution in [0.3, 0.4) is 0 Å². The minimum atomic E-state index is -0.488. The Hall–Kier alpha value is -2.44. The lowest BCUT2D eigenvalue weighted by Gasteiger charge is -2.10. The van der Waals surface area contributed by atoms with Crippen LogP contribution in [-0.2, 0) is 0 Å². The highest BCUT2D eigenvalue weighted by molar-refractivity contribution is 5.41. The summed E-state index contributed by atoms with van der Waals surface area (Å²) in [7, 11) is 0. The van der Waals surface area contributed by atoms with Gasteiger partial charge in [-0.05, 0) is 19.9 Å². The van der Waals surface area contributed by atoms with E-state index in [-0.39, 0.29) is 11.7 Å². The fourth-order valence-corrected chi connectivity index (χ4v) is 1.44. The molecule has 0 fully saturated rings. The second-order valence-corrected chi connectivity index (χ2v) is 3.83. The molecule has 0 amide bonds. The molecule has 0 saturated heterocycles. The van der Waals surface area contributed by atoms with E-state index in [0.717, 1.165) is 5.76 Å². The quantitative estimate of drug-likeness (QED) is 0.659. The zero-order chi connectivity index (χ0) is 13.1. The first-order chi connectivity index (χ1) is 8.56. The molecule has 1 unspecified atom stereocenters. The number of pyridine rings is 1. The van der Waals surface area contributed by atoms with Crippen molar-refractivity contribution in [3.63, 3.8) is 0 Å². The van der Waals surface area contributed by atoms with Crippen molar-refractivity contribution in [2.24, 2.45) is 0 Å². The van der Waals surface area contributed by atoms with Gasteiger partial charge in [-0.3, -0.25) is 10.1 Å². The molecule has 0 saturated carbocycles. The number of aryl methyl sites for hydroxylation is 1. The van der Waals surface area contributed by atoms with E-state index in [2.05, 4.69) is 15.3 Å². The lowest BCUT2D eigenvalue weighted by molar-refractivity contribution is -0.385. The van der Waals surface area contributed by atoms with Crippen LogP contribution in [0.4, 0.5) is 11.5 Å². The van der Waals surface area contributed by atoms with E-state index >= 15 is 0 Å². The van der Waals surface area contributed by atoms with E-state index in [0.29, 0.717) is 11.7 Å². The smallest absolute Gasteiger partial charge is 0.287 e. The summed E-state index contributed by atoms with van der Waals surface area (Å²) in [6.45, 7) is 3.68. The Morgan fingerprint density at radius 1 is 1.39 bits per heavy atom. The summed E-state index contributed by atoms with van der Waals surface area (Å²) in [4.78, 5) is 18.0. The normalized spacial score (nSPS) is 12.1. The maximum absolute atomic E-state index is 10.5. The van der Waals surface area contributed by atoms with Crippen molar-refractivity contribution in [3.8, 4) is 0 Å². The summed E-state index contributed by atoms with van der Waals surface area (Å²) in [5.74, 6) is 1.81. The number of aromatic nitrogens is 2. The van der Waals surface area contributed by atoms with Crippen LogP contribution in [-0.4, -0.2) is 14.9 Å². The van der Waals surface area contributed by atoms with Gasteiger partial charge in [0.15, 0.2) is 0 Å². The van der Waals surface area contributed by atoms with Crippen LogP contribution in [0.2, 0.25) is 0 Å². The Labute approximate surface area is 103 Å². The van der Waals surface area contributed by atoms with Crippen molar-refractivity contribution >= 4 is 11.5 Å². The predicted octanol–water partition coefficient (Wildman–Crippen LogP) is 2.46. The maximum Gasteiger partial charge on any atom is 0.287 e. The molecule has 1 N–H and O–H groups in total. The van der Waals surface area contributed by atoms with Gasteiger partial charge in [-0.15, -0.1) is 0 Å². The molecule has 0 aliphatic heterocycles. The molecular weight excluding hydrogens is 236 g/mol. The Balaban J connectivity index is 2.07. The fraction of sp³-hybridized carbons (Fsp3) is 0.273. The Morgan fingerprint density at radius 3 is 2.67 bits per heavy atom. The van der Waals surface area contributed by atoms with E-state index in [1.165, 1.54) is 12.3 Å². The summed E-state index contributed by atoms with van der Waals surface area (Å²) in [5, 5.41) is 13.5. The fourth-order valence-electron chi connectivity index (χ4n) is 1.44. The van der Waals surface area contributed by atoms with Crippen LogP contribution in [0, 0.1) is 17.0 Å². The van der Waals surface area contributed by atoms with Gasteiger partial charge in [0.05, 0.1) is 11.1 Å². The molecule has 1 atom stereocenters. The molecule has 0 spiro atoms. The molecule has 2 aromatic rings. The van der Waals surface area contributed by atoms with Crippen molar-refractivity contribution < 1.29 is 9.34 Å². The molecule has 18 heavy (non-hydrogen) atoms. The number of anilines is 1. The molecule has 0 aliphatic rings. The molecule has 2 aromatic heterocycles. The van der Waals surface area contributed by atoms with Gasteiger partial charge in [0.2, 0.25) is 5.89 Å². The van der Waals surface area contributed by atoms with Gasteiger partial charge in [-0.2, -0.15) is 0 Å². The number of oxazole rings is 1. The zero-order valence-corrected chi connectivity index (χ0v) is 9.95. The van der Waals surface area contributed by atoms with Gasteiger partial charge in [0.1, 0.15) is 23.8 Å². The van der Waals surface area contributed by atoms with Crippen molar-refractivity contribution in [2.45, 2.75) is 19.9 Å². The van der Waals surface area contributed by atoms with Gasteiger partial charge >= 0.3 is 0 Å². The van der Waals surface area contributed by atoms with E-state index in [9.17, 15) is 10.1 Å². The standard InChI is InChI=1S/C11H12N4O3/c1-7-5-13-11(18-7)8(2)14-10-4-3-9(6-12-10)15(16)17/h3-6,8H,1-2H3,(H,12,14). The number of hydrogen-bond acceptors (Lipinski definition) is 6. The summed E-state index contributed by atoms with van der Waals surface area (Å²) in [5.41, 5.74) is -0.0415. The summed E-state index contributed by atoms with van der Waals surface area (Å²) >= 11 is 0. The summed E-state index contributed by atoms with van der Waals surface area (Å²) in [6.07, 6.45) is 2.84. The van der Waals surface area contributed by atoms with Gasteiger partial charge in [0.25, 0.3) is 5.69 Å². The Kier molecular flexibility index (Phi) is 3.22. The average Bonchev–Trinajstić information content (AvgIpc) is 2.76. The molecule has 7 nitrogen and oxygen atoms in total. The van der Waals surface area contributed by atoms with Gasteiger partial charge in [0, 0.05) is 6.07 Å². The Bertz CT molecular complexity index is 550. The van der Waals surface area contributed by atoms with Crippen molar-refractivity contribution in [1.29, 1.82) is 0 Å². The third-order valence-corrected chi connectivity index (χ3v) is 2.33. The van der Waals surface area contributed by atoms with Crippen molar-refractivity contribution in [2.75, 3.05) is 5.32 Å². The third kappa shape index (κ3) is 2.62. The third-order valence-electron chi connectivity index (χ3n) is 2.33.